The third-order valence-electron chi connectivity index (χ3n) is 4.20. The average molecular weight is 413 g/mol. The van der Waals surface area contributed by atoms with E-state index in [1.807, 2.05) is 24.3 Å². The number of amides is 1. The Morgan fingerprint density at radius 1 is 1.00 bits per heavy atom. The van der Waals surface area contributed by atoms with Crippen LogP contribution in [-0.2, 0) is 21.2 Å². The van der Waals surface area contributed by atoms with Crippen molar-refractivity contribution in [2.24, 2.45) is 0 Å². The van der Waals surface area contributed by atoms with Gasteiger partial charge in [0.25, 0.3) is 0 Å². The van der Waals surface area contributed by atoms with Gasteiger partial charge in [0, 0.05) is 18.1 Å². The van der Waals surface area contributed by atoms with Crippen molar-refractivity contribution in [3.63, 3.8) is 0 Å². The predicted molar refractivity (Wildman–Crippen MR) is 111 cm³/mol. The van der Waals surface area contributed by atoms with E-state index in [4.69, 9.17) is 0 Å². The molecule has 1 aromatic heterocycles. The number of benzene rings is 2. The maximum Gasteiger partial charge on any atom is 0.245 e. The van der Waals surface area contributed by atoms with Crippen LogP contribution in [0.25, 0.3) is 0 Å². The molecular formula is C21H20FN3O3S. The van der Waals surface area contributed by atoms with E-state index in [0.717, 1.165) is 34.2 Å². The number of para-hydroxylation sites is 1. The molecule has 150 valence electrons. The summed E-state index contributed by atoms with van der Waals surface area (Å²) in [4.78, 5) is 16.4. The van der Waals surface area contributed by atoms with E-state index in [-0.39, 0.29) is 5.69 Å². The van der Waals surface area contributed by atoms with Crippen molar-refractivity contribution in [2.45, 2.75) is 6.42 Å². The summed E-state index contributed by atoms with van der Waals surface area (Å²) in [6.45, 7) is -0.529. The summed E-state index contributed by atoms with van der Waals surface area (Å²) in [7, 11) is -3.84. The van der Waals surface area contributed by atoms with Crippen LogP contribution in [-0.4, -0.2) is 32.1 Å². The molecule has 0 radical (unpaired) electrons. The predicted octanol–water partition coefficient (Wildman–Crippen LogP) is 3.22. The maximum atomic E-state index is 14.0. The zero-order chi connectivity index (χ0) is 20.9. The summed E-state index contributed by atoms with van der Waals surface area (Å²) < 4.78 is 38.9. The Morgan fingerprint density at radius 2 is 1.62 bits per heavy atom. The molecule has 8 heteroatoms. The highest BCUT2D eigenvalue weighted by molar-refractivity contribution is 7.92. The van der Waals surface area contributed by atoms with Gasteiger partial charge < -0.3 is 5.32 Å². The summed E-state index contributed by atoms with van der Waals surface area (Å²) >= 11 is 0. The van der Waals surface area contributed by atoms with Crippen LogP contribution in [0.2, 0.25) is 0 Å². The number of anilines is 2. The van der Waals surface area contributed by atoms with Gasteiger partial charge in [-0.05, 0) is 53.9 Å². The molecule has 0 aliphatic rings. The van der Waals surface area contributed by atoms with Crippen LogP contribution < -0.4 is 9.62 Å². The molecule has 0 aliphatic heterocycles. The quantitative estimate of drug-likeness (QED) is 0.645. The normalized spacial score (nSPS) is 11.1. The molecule has 0 saturated heterocycles. The van der Waals surface area contributed by atoms with E-state index in [1.165, 1.54) is 18.2 Å². The lowest BCUT2D eigenvalue weighted by Crippen LogP contribution is -2.38. The first-order valence-corrected chi connectivity index (χ1v) is 10.7. The summed E-state index contributed by atoms with van der Waals surface area (Å²) in [5.41, 5.74) is 2.53. The molecule has 3 rings (SSSR count). The van der Waals surface area contributed by atoms with Gasteiger partial charge in [-0.15, -0.1) is 0 Å². The number of hydrogen-bond acceptors (Lipinski definition) is 4. The number of rotatable bonds is 7. The minimum atomic E-state index is -3.84. The molecule has 2 aromatic carbocycles. The molecule has 1 heterocycles. The first-order chi connectivity index (χ1) is 13.8. The average Bonchev–Trinajstić information content (AvgIpc) is 2.68. The molecule has 29 heavy (non-hydrogen) atoms. The van der Waals surface area contributed by atoms with Crippen LogP contribution in [0.1, 0.15) is 11.1 Å². The van der Waals surface area contributed by atoms with Gasteiger partial charge in [0.1, 0.15) is 12.4 Å². The van der Waals surface area contributed by atoms with E-state index in [9.17, 15) is 17.6 Å². The van der Waals surface area contributed by atoms with Crippen LogP contribution in [0, 0.1) is 5.82 Å². The van der Waals surface area contributed by atoms with E-state index in [1.54, 1.807) is 24.5 Å². The van der Waals surface area contributed by atoms with Crippen molar-refractivity contribution in [1.82, 2.24) is 4.98 Å². The summed E-state index contributed by atoms with van der Waals surface area (Å²) in [6.07, 6.45) is 5.12. The van der Waals surface area contributed by atoms with Crippen LogP contribution in [0.4, 0.5) is 15.8 Å². The van der Waals surface area contributed by atoms with Crippen molar-refractivity contribution in [3.8, 4) is 0 Å². The lowest BCUT2D eigenvalue weighted by atomic mass is 10.1. The number of carbonyl (C=O) groups is 1. The molecule has 0 aliphatic carbocycles. The van der Waals surface area contributed by atoms with Gasteiger partial charge in [0.2, 0.25) is 15.9 Å². The van der Waals surface area contributed by atoms with Crippen LogP contribution in [0.5, 0.6) is 0 Å². The van der Waals surface area contributed by atoms with Crippen LogP contribution in [0.3, 0.4) is 0 Å². The number of nitrogens with zero attached hydrogens (tertiary/aromatic N) is 2. The van der Waals surface area contributed by atoms with Gasteiger partial charge in [-0.1, -0.05) is 24.3 Å². The second-order valence-electron chi connectivity index (χ2n) is 6.50. The summed E-state index contributed by atoms with van der Waals surface area (Å²) in [5.74, 6) is -1.29. The molecule has 0 fully saturated rings. The Hall–Kier alpha value is -3.26. The van der Waals surface area contributed by atoms with E-state index < -0.39 is 28.3 Å². The Kier molecular flexibility index (Phi) is 6.23. The van der Waals surface area contributed by atoms with Gasteiger partial charge in [0.15, 0.2) is 0 Å². The number of aromatic nitrogens is 1. The molecule has 1 N–H and O–H groups in total. The minimum Gasteiger partial charge on any atom is -0.325 e. The lowest BCUT2D eigenvalue weighted by molar-refractivity contribution is -0.114. The van der Waals surface area contributed by atoms with Gasteiger partial charge in [0.05, 0.1) is 11.9 Å². The fourth-order valence-corrected chi connectivity index (χ4v) is 3.67. The molecule has 0 atom stereocenters. The summed E-state index contributed by atoms with van der Waals surface area (Å²) in [5, 5.41) is 2.65. The highest BCUT2D eigenvalue weighted by atomic mass is 32.2. The second-order valence-corrected chi connectivity index (χ2v) is 8.41. The number of nitrogens with one attached hydrogen (secondary N) is 1. The highest BCUT2D eigenvalue weighted by Crippen LogP contribution is 2.21. The molecule has 0 unspecified atom stereocenters. The first kappa shape index (κ1) is 20.5. The van der Waals surface area contributed by atoms with Crippen molar-refractivity contribution in [2.75, 3.05) is 22.4 Å². The fourth-order valence-electron chi connectivity index (χ4n) is 2.81. The van der Waals surface area contributed by atoms with E-state index in [0.29, 0.717) is 5.69 Å². The van der Waals surface area contributed by atoms with Crippen LogP contribution in [0.15, 0.2) is 73.1 Å². The molecule has 6 nitrogen and oxygen atoms in total. The van der Waals surface area contributed by atoms with E-state index >= 15 is 0 Å². The lowest BCUT2D eigenvalue weighted by Gasteiger charge is -2.22. The smallest absolute Gasteiger partial charge is 0.245 e. The van der Waals surface area contributed by atoms with Crippen LogP contribution >= 0.6 is 0 Å². The van der Waals surface area contributed by atoms with Crippen molar-refractivity contribution in [3.05, 3.63) is 90.0 Å². The highest BCUT2D eigenvalue weighted by Gasteiger charge is 2.23. The summed E-state index contributed by atoms with van der Waals surface area (Å²) in [6, 6.07) is 16.5. The van der Waals surface area contributed by atoms with Crippen molar-refractivity contribution < 1.29 is 17.6 Å². The maximum absolute atomic E-state index is 14.0. The van der Waals surface area contributed by atoms with E-state index in [2.05, 4.69) is 10.3 Å². The number of pyridine rings is 1. The molecule has 0 bridgehead atoms. The molecule has 3 aromatic rings. The Bertz CT molecular complexity index is 1090. The molecular weight excluding hydrogens is 393 g/mol. The topological polar surface area (TPSA) is 79.4 Å². The van der Waals surface area contributed by atoms with Gasteiger partial charge in [-0.2, -0.15) is 0 Å². The van der Waals surface area contributed by atoms with Crippen molar-refractivity contribution >= 4 is 27.3 Å². The Morgan fingerprint density at radius 3 is 2.24 bits per heavy atom. The molecule has 1 amide bonds. The molecule has 0 spiro atoms. The zero-order valence-electron chi connectivity index (χ0n) is 15.7. The number of halogens is 1. The molecule has 0 saturated carbocycles. The standard InChI is InChI=1S/C21H20FN3O3S/c1-29(27,28)25(20-5-3-2-4-19(20)22)15-21(26)24-18-8-6-16(7-9-18)14-17-10-12-23-13-11-17/h2-13H,14-15H2,1H3,(H,24,26). The second kappa shape index (κ2) is 8.83. The van der Waals surface area contributed by atoms with Gasteiger partial charge in [-0.3, -0.25) is 14.1 Å². The number of carbonyl (C=O) groups excluding carboxylic acids is 1. The van der Waals surface area contributed by atoms with Crippen molar-refractivity contribution in [1.29, 1.82) is 0 Å². The fraction of sp³-hybridized carbons (Fsp3) is 0.143. The number of sulfonamides is 1. The van der Waals surface area contributed by atoms with Gasteiger partial charge >= 0.3 is 0 Å². The Balaban J connectivity index is 1.68. The van der Waals surface area contributed by atoms with Gasteiger partial charge in [-0.25, -0.2) is 12.8 Å². The largest absolute Gasteiger partial charge is 0.325 e. The number of hydrogen-bond donors (Lipinski definition) is 1. The third kappa shape index (κ3) is 5.61. The monoisotopic (exact) mass is 413 g/mol. The third-order valence-corrected chi connectivity index (χ3v) is 5.33. The first-order valence-electron chi connectivity index (χ1n) is 8.83. The zero-order valence-corrected chi connectivity index (χ0v) is 16.6. The minimum absolute atomic E-state index is 0.169. The Labute approximate surface area is 169 Å². The SMILES string of the molecule is CS(=O)(=O)N(CC(=O)Nc1ccc(Cc2ccncc2)cc1)c1ccccc1F.